The fraction of sp³-hybridized carbons (Fsp3) is 0.364. The van der Waals surface area contributed by atoms with Crippen LogP contribution in [0.1, 0.15) is 12.8 Å². The summed E-state index contributed by atoms with van der Waals surface area (Å²) in [5.41, 5.74) is 0.921. The summed E-state index contributed by atoms with van der Waals surface area (Å²) in [4.78, 5) is 6.47. The van der Waals surface area contributed by atoms with Crippen LogP contribution in [0.25, 0.3) is 0 Å². The normalized spacial score (nSPS) is 16.3. The molecule has 4 heteroatoms. The van der Waals surface area contributed by atoms with E-state index in [4.69, 9.17) is 11.6 Å². The standard InChI is InChI=1S/C11H13ClN2.ClH/c12-11(14-8-4-5-9-14)13-10-6-2-1-3-7-10;/h1-3,6-7H,4-5,8-9H2;1H. The molecular weight excluding hydrogens is 231 g/mol. The van der Waals surface area contributed by atoms with Crippen LogP contribution >= 0.6 is 24.0 Å². The van der Waals surface area contributed by atoms with E-state index >= 15 is 0 Å². The highest BCUT2D eigenvalue weighted by atomic mass is 35.5. The van der Waals surface area contributed by atoms with Gasteiger partial charge in [-0.1, -0.05) is 18.2 Å². The summed E-state index contributed by atoms with van der Waals surface area (Å²) < 4.78 is 0. The average molecular weight is 245 g/mol. The van der Waals surface area contributed by atoms with Crippen LogP contribution in [0.4, 0.5) is 5.69 Å². The Kier molecular flexibility index (Phi) is 4.92. The number of hydrogen-bond donors (Lipinski definition) is 0. The zero-order chi connectivity index (χ0) is 9.80. The summed E-state index contributed by atoms with van der Waals surface area (Å²) in [6.45, 7) is 2.07. The quantitative estimate of drug-likeness (QED) is 0.420. The fourth-order valence-corrected chi connectivity index (χ4v) is 1.85. The molecule has 1 saturated heterocycles. The molecule has 1 aliphatic rings. The summed E-state index contributed by atoms with van der Waals surface area (Å²) in [7, 11) is 0. The molecule has 0 saturated carbocycles. The Bertz CT molecular complexity index is 319. The van der Waals surface area contributed by atoms with Crippen molar-refractivity contribution in [1.82, 2.24) is 4.90 Å². The maximum atomic E-state index is 6.10. The van der Waals surface area contributed by atoms with Crippen molar-refractivity contribution < 1.29 is 0 Å². The zero-order valence-corrected chi connectivity index (χ0v) is 9.97. The van der Waals surface area contributed by atoms with Gasteiger partial charge in [-0.25, -0.2) is 4.99 Å². The average Bonchev–Trinajstić information content (AvgIpc) is 2.72. The Labute approximate surface area is 101 Å². The van der Waals surface area contributed by atoms with E-state index in [1.807, 2.05) is 30.3 Å². The van der Waals surface area contributed by atoms with Crippen LogP contribution in [0.5, 0.6) is 0 Å². The Morgan fingerprint density at radius 3 is 2.33 bits per heavy atom. The summed E-state index contributed by atoms with van der Waals surface area (Å²) in [5.74, 6) is 0. The Morgan fingerprint density at radius 2 is 1.73 bits per heavy atom. The van der Waals surface area contributed by atoms with Crippen molar-refractivity contribution in [2.24, 2.45) is 4.99 Å². The summed E-state index contributed by atoms with van der Waals surface area (Å²) in [6.07, 6.45) is 2.45. The van der Waals surface area contributed by atoms with Crippen LogP contribution in [-0.2, 0) is 0 Å². The predicted octanol–water partition coefficient (Wildman–Crippen LogP) is 3.43. The molecule has 0 bridgehead atoms. The molecule has 2 rings (SSSR count). The van der Waals surface area contributed by atoms with Gasteiger partial charge in [0.1, 0.15) is 0 Å². The smallest absolute Gasteiger partial charge is 0.199 e. The van der Waals surface area contributed by atoms with E-state index in [1.54, 1.807) is 0 Å². The summed E-state index contributed by atoms with van der Waals surface area (Å²) in [5, 5.41) is 0.619. The SMILES string of the molecule is Cl.ClC(=Nc1ccccc1)N1CCCC1. The first-order chi connectivity index (χ1) is 6.86. The first-order valence-electron chi connectivity index (χ1n) is 4.90. The number of amidine groups is 1. The molecule has 0 radical (unpaired) electrons. The minimum absolute atomic E-state index is 0. The lowest BCUT2D eigenvalue weighted by Gasteiger charge is -2.13. The van der Waals surface area contributed by atoms with E-state index in [2.05, 4.69) is 9.89 Å². The number of aliphatic imine (C=N–C) groups is 1. The highest BCUT2D eigenvalue weighted by Crippen LogP contribution is 2.16. The molecule has 0 N–H and O–H groups in total. The van der Waals surface area contributed by atoms with Gasteiger partial charge < -0.3 is 4.90 Å². The largest absolute Gasteiger partial charge is 0.347 e. The Morgan fingerprint density at radius 1 is 1.13 bits per heavy atom. The molecule has 1 aromatic carbocycles. The maximum Gasteiger partial charge on any atom is 0.199 e. The molecule has 15 heavy (non-hydrogen) atoms. The third kappa shape index (κ3) is 3.40. The zero-order valence-electron chi connectivity index (χ0n) is 8.40. The second-order valence-corrected chi connectivity index (χ2v) is 3.75. The van der Waals surface area contributed by atoms with Gasteiger partial charge in [0.25, 0.3) is 0 Å². The minimum atomic E-state index is 0. The summed E-state index contributed by atoms with van der Waals surface area (Å²) >= 11 is 6.10. The van der Waals surface area contributed by atoms with Crippen LogP contribution in [0.15, 0.2) is 35.3 Å². The van der Waals surface area contributed by atoms with Gasteiger partial charge in [0.2, 0.25) is 0 Å². The van der Waals surface area contributed by atoms with E-state index in [0.717, 1.165) is 18.8 Å². The monoisotopic (exact) mass is 244 g/mol. The molecule has 0 unspecified atom stereocenters. The van der Waals surface area contributed by atoms with Crippen molar-refractivity contribution in [3.63, 3.8) is 0 Å². The number of benzene rings is 1. The Balaban J connectivity index is 0.00000112. The Hall–Kier alpha value is -0.730. The topological polar surface area (TPSA) is 15.6 Å². The van der Waals surface area contributed by atoms with E-state index in [-0.39, 0.29) is 12.4 Å². The number of hydrogen-bond acceptors (Lipinski definition) is 1. The lowest BCUT2D eigenvalue weighted by Crippen LogP contribution is -2.22. The number of halogens is 2. The minimum Gasteiger partial charge on any atom is -0.347 e. The van der Waals surface area contributed by atoms with Crippen LogP contribution in [-0.4, -0.2) is 23.3 Å². The molecule has 82 valence electrons. The van der Waals surface area contributed by atoms with Crippen LogP contribution in [0.2, 0.25) is 0 Å². The second kappa shape index (κ2) is 5.99. The van der Waals surface area contributed by atoms with E-state index in [1.165, 1.54) is 12.8 Å². The highest BCUT2D eigenvalue weighted by Gasteiger charge is 2.13. The predicted molar refractivity (Wildman–Crippen MR) is 67.4 cm³/mol. The summed E-state index contributed by atoms with van der Waals surface area (Å²) in [6, 6.07) is 9.82. The molecule has 1 fully saturated rings. The van der Waals surface area contributed by atoms with Gasteiger partial charge in [-0.3, -0.25) is 0 Å². The molecule has 0 amide bonds. The maximum absolute atomic E-state index is 6.10. The first kappa shape index (κ1) is 12.3. The van der Waals surface area contributed by atoms with Crippen molar-refractivity contribution in [1.29, 1.82) is 0 Å². The van der Waals surface area contributed by atoms with E-state index < -0.39 is 0 Å². The van der Waals surface area contributed by atoms with E-state index in [9.17, 15) is 0 Å². The lowest BCUT2D eigenvalue weighted by molar-refractivity contribution is 0.529. The van der Waals surface area contributed by atoms with Crippen molar-refractivity contribution >= 4 is 35.0 Å². The molecule has 2 nitrogen and oxygen atoms in total. The number of nitrogens with zero attached hydrogens (tertiary/aromatic N) is 2. The van der Waals surface area contributed by atoms with Crippen molar-refractivity contribution in [2.75, 3.05) is 13.1 Å². The van der Waals surface area contributed by atoms with Crippen LogP contribution in [0.3, 0.4) is 0 Å². The van der Waals surface area contributed by atoms with Crippen LogP contribution in [0, 0.1) is 0 Å². The highest BCUT2D eigenvalue weighted by molar-refractivity contribution is 6.64. The molecule has 1 aliphatic heterocycles. The molecular formula is C11H14Cl2N2. The molecule has 1 aromatic rings. The van der Waals surface area contributed by atoms with Crippen molar-refractivity contribution in [3.8, 4) is 0 Å². The molecule has 0 atom stereocenters. The first-order valence-corrected chi connectivity index (χ1v) is 5.28. The molecule has 0 spiro atoms. The fourth-order valence-electron chi connectivity index (χ4n) is 1.58. The van der Waals surface area contributed by atoms with Crippen molar-refractivity contribution in [2.45, 2.75) is 12.8 Å². The molecule has 0 aromatic heterocycles. The molecule has 1 heterocycles. The van der Waals surface area contributed by atoms with E-state index in [0.29, 0.717) is 5.29 Å². The van der Waals surface area contributed by atoms with Gasteiger partial charge in [-0.15, -0.1) is 12.4 Å². The van der Waals surface area contributed by atoms with Crippen LogP contribution < -0.4 is 0 Å². The van der Waals surface area contributed by atoms with Gasteiger partial charge in [-0.05, 0) is 36.6 Å². The van der Waals surface area contributed by atoms with Gasteiger partial charge in [0.15, 0.2) is 5.29 Å². The number of rotatable bonds is 1. The van der Waals surface area contributed by atoms with Gasteiger partial charge in [-0.2, -0.15) is 0 Å². The van der Waals surface area contributed by atoms with Gasteiger partial charge >= 0.3 is 0 Å². The third-order valence-corrected chi connectivity index (χ3v) is 2.67. The van der Waals surface area contributed by atoms with Gasteiger partial charge in [0.05, 0.1) is 5.69 Å². The second-order valence-electron chi connectivity index (χ2n) is 3.41. The van der Waals surface area contributed by atoms with Gasteiger partial charge in [0, 0.05) is 13.1 Å². The lowest BCUT2D eigenvalue weighted by atomic mass is 10.3. The third-order valence-electron chi connectivity index (χ3n) is 2.34. The van der Waals surface area contributed by atoms with Crippen molar-refractivity contribution in [3.05, 3.63) is 30.3 Å². The number of para-hydroxylation sites is 1. The molecule has 0 aliphatic carbocycles. The number of likely N-dealkylation sites (tertiary alicyclic amines) is 1.